The monoisotopic (exact) mass is 677 g/mol. The van der Waals surface area contributed by atoms with Gasteiger partial charge in [0.25, 0.3) is 5.91 Å². The van der Waals surface area contributed by atoms with Gasteiger partial charge in [-0.2, -0.15) is 8.78 Å². The number of carbonyl (C=O) groups is 3. The van der Waals surface area contributed by atoms with Crippen LogP contribution in [0.4, 0.5) is 8.78 Å². The van der Waals surface area contributed by atoms with Crippen LogP contribution in [-0.2, 0) is 19.8 Å². The minimum absolute atomic E-state index is 0.126. The third-order valence-corrected chi connectivity index (χ3v) is 10.9. The number of nitrogens with one attached hydrogen (secondary N) is 1. The fraction of sp³-hybridized carbons (Fsp3) is 0.469. The Balaban J connectivity index is 1.33. The molecule has 10 nitrogen and oxygen atoms in total. The summed E-state index contributed by atoms with van der Waals surface area (Å²) in [4.78, 5) is 62.9. The number of aliphatic hydroxyl groups excluding tert-OH is 1. The SMILES string of the molecule is CC(C)(C)[C@H](NC(=O)c1cc2cc(C(F)(F)P(=O)(O)O)ccc2s1)C(=O)N1CCC[C@H]1C(=O)N1CCC(O)C(c2ccccc2)C1. The number of hydrogen-bond donors (Lipinski definition) is 4. The van der Waals surface area contributed by atoms with Crippen LogP contribution in [0.3, 0.4) is 0 Å². The molecule has 2 aliphatic rings. The predicted molar refractivity (Wildman–Crippen MR) is 170 cm³/mol. The van der Waals surface area contributed by atoms with E-state index in [9.17, 15) is 32.8 Å². The second kappa shape index (κ2) is 12.8. The lowest BCUT2D eigenvalue weighted by molar-refractivity contribution is -0.147. The molecule has 0 aliphatic carbocycles. The number of benzene rings is 2. The van der Waals surface area contributed by atoms with Gasteiger partial charge in [-0.3, -0.25) is 18.9 Å². The molecule has 2 aromatic carbocycles. The molecule has 2 aliphatic heterocycles. The van der Waals surface area contributed by atoms with Gasteiger partial charge in [-0.1, -0.05) is 57.2 Å². The molecule has 4 atom stereocenters. The molecule has 2 unspecified atom stereocenters. The molecule has 3 heterocycles. The van der Waals surface area contributed by atoms with Crippen LogP contribution in [0, 0.1) is 5.41 Å². The van der Waals surface area contributed by atoms with E-state index in [0.29, 0.717) is 43.6 Å². The van der Waals surface area contributed by atoms with E-state index in [1.165, 1.54) is 17.0 Å². The molecule has 0 bridgehead atoms. The maximum absolute atomic E-state index is 14.3. The van der Waals surface area contributed by atoms with Crippen LogP contribution < -0.4 is 5.32 Å². The molecule has 2 saturated heterocycles. The zero-order valence-electron chi connectivity index (χ0n) is 25.7. The van der Waals surface area contributed by atoms with Crippen molar-refractivity contribution in [1.29, 1.82) is 0 Å². The molecule has 0 spiro atoms. The first kappa shape index (κ1) is 34.1. The van der Waals surface area contributed by atoms with Crippen LogP contribution >= 0.6 is 18.9 Å². The Kier molecular flexibility index (Phi) is 9.47. The van der Waals surface area contributed by atoms with Gasteiger partial charge in [0.2, 0.25) is 11.8 Å². The first-order chi connectivity index (χ1) is 21.5. The van der Waals surface area contributed by atoms with E-state index in [4.69, 9.17) is 9.79 Å². The summed E-state index contributed by atoms with van der Waals surface area (Å²) in [5.74, 6) is -1.45. The quantitative estimate of drug-likeness (QED) is 0.267. The number of fused-ring (bicyclic) bond motifs is 1. The van der Waals surface area contributed by atoms with E-state index in [2.05, 4.69) is 5.32 Å². The molecule has 3 aromatic rings. The number of nitrogens with zero attached hydrogens (tertiary/aromatic N) is 2. The molecular weight excluding hydrogens is 639 g/mol. The molecular formula is C32H38F2N3O7PS. The maximum atomic E-state index is 14.3. The second-order valence-corrected chi connectivity index (χ2v) is 15.8. The number of likely N-dealkylation sites (tertiary alicyclic amines) is 2. The molecule has 0 saturated carbocycles. The molecule has 1 aromatic heterocycles. The van der Waals surface area contributed by atoms with Gasteiger partial charge in [0.05, 0.1) is 11.0 Å². The Labute approximate surface area is 269 Å². The van der Waals surface area contributed by atoms with E-state index in [1.54, 1.807) is 25.7 Å². The van der Waals surface area contributed by atoms with Gasteiger partial charge in [-0.15, -0.1) is 11.3 Å². The number of rotatable bonds is 7. The second-order valence-electron chi connectivity index (χ2n) is 13.1. The summed E-state index contributed by atoms with van der Waals surface area (Å²) in [6.45, 7) is 6.42. The minimum Gasteiger partial charge on any atom is -0.392 e. The molecule has 14 heteroatoms. The molecule has 248 valence electrons. The number of piperidine rings is 1. The summed E-state index contributed by atoms with van der Waals surface area (Å²) in [7, 11) is -5.77. The summed E-state index contributed by atoms with van der Waals surface area (Å²) >= 11 is 0.994. The zero-order valence-corrected chi connectivity index (χ0v) is 27.4. The number of hydrogen-bond acceptors (Lipinski definition) is 6. The minimum atomic E-state index is -5.77. The number of carbonyl (C=O) groups excluding carboxylic acids is 3. The normalized spacial score (nSPS) is 21.8. The van der Waals surface area contributed by atoms with Gasteiger partial charge in [0.1, 0.15) is 12.1 Å². The van der Waals surface area contributed by atoms with Crippen molar-refractivity contribution < 1.29 is 42.6 Å². The Morgan fingerprint density at radius 3 is 2.37 bits per heavy atom. The van der Waals surface area contributed by atoms with Gasteiger partial charge in [0, 0.05) is 35.8 Å². The number of amides is 3. The molecule has 5 rings (SSSR count). The largest absolute Gasteiger partial charge is 0.399 e. The lowest BCUT2D eigenvalue weighted by Gasteiger charge is -2.40. The number of alkyl halides is 2. The van der Waals surface area contributed by atoms with Crippen LogP contribution in [0.5, 0.6) is 0 Å². The summed E-state index contributed by atoms with van der Waals surface area (Å²) in [5, 5.41) is 13.7. The first-order valence-corrected chi connectivity index (χ1v) is 17.5. The third kappa shape index (κ3) is 6.75. The van der Waals surface area contributed by atoms with Crippen molar-refractivity contribution in [2.45, 2.75) is 69.8 Å². The molecule has 4 N–H and O–H groups in total. The summed E-state index contributed by atoms with van der Waals surface area (Å²) in [6.07, 6.45) is 0.919. The fourth-order valence-corrected chi connectivity index (χ4v) is 7.61. The van der Waals surface area contributed by atoms with Gasteiger partial charge in [0.15, 0.2) is 0 Å². The highest BCUT2D eigenvalue weighted by Crippen LogP contribution is 2.59. The summed E-state index contributed by atoms with van der Waals surface area (Å²) in [6, 6.07) is 12.3. The summed E-state index contributed by atoms with van der Waals surface area (Å²) in [5.41, 5.74) is -5.08. The fourth-order valence-electron chi connectivity index (χ4n) is 6.19. The van der Waals surface area contributed by atoms with E-state index in [1.807, 2.05) is 30.3 Å². The first-order valence-electron chi connectivity index (χ1n) is 15.1. The van der Waals surface area contributed by atoms with E-state index in [0.717, 1.165) is 29.0 Å². The Morgan fingerprint density at radius 2 is 1.72 bits per heavy atom. The average Bonchev–Trinajstić information content (AvgIpc) is 3.66. The zero-order chi connectivity index (χ0) is 33.6. The third-order valence-electron chi connectivity index (χ3n) is 8.78. The average molecular weight is 678 g/mol. The Bertz CT molecular complexity index is 1670. The van der Waals surface area contributed by atoms with Gasteiger partial charge in [-0.25, -0.2) is 0 Å². The van der Waals surface area contributed by atoms with Crippen molar-refractivity contribution in [1.82, 2.24) is 15.1 Å². The number of aliphatic hydroxyl groups is 1. The standard InChI is InChI=1S/C32H38F2N3O7PS/c1-31(2,3)27(35-28(39)26-17-20-16-21(11-12-25(20)46-26)32(33,34)45(42,43)44)30(41)37-14-7-10-23(37)29(40)36-15-13-24(38)22(18-36)19-8-5-4-6-9-19/h4-6,8-9,11-12,16-17,22-24,27,38H,7,10,13-15,18H2,1-3H3,(H,35,39)(H2,42,43,44)/t22?,23-,24?,27+/m0/s1. The Morgan fingerprint density at radius 1 is 1.02 bits per heavy atom. The number of halogens is 2. The summed E-state index contributed by atoms with van der Waals surface area (Å²) < 4.78 is 40.4. The highest BCUT2D eigenvalue weighted by molar-refractivity contribution is 7.52. The highest BCUT2D eigenvalue weighted by Gasteiger charge is 2.50. The molecule has 3 amide bonds. The smallest absolute Gasteiger partial charge is 0.392 e. The lowest BCUT2D eigenvalue weighted by Crippen LogP contribution is -2.58. The maximum Gasteiger partial charge on any atom is 0.399 e. The van der Waals surface area contributed by atoms with Crippen LogP contribution in [0.15, 0.2) is 54.6 Å². The van der Waals surface area contributed by atoms with Crippen molar-refractivity contribution >= 4 is 46.7 Å². The van der Waals surface area contributed by atoms with Crippen molar-refractivity contribution in [3.05, 3.63) is 70.6 Å². The van der Waals surface area contributed by atoms with E-state index in [-0.39, 0.29) is 22.1 Å². The van der Waals surface area contributed by atoms with Crippen molar-refractivity contribution in [2.24, 2.45) is 5.41 Å². The van der Waals surface area contributed by atoms with Crippen molar-refractivity contribution in [2.75, 3.05) is 19.6 Å². The molecule has 46 heavy (non-hydrogen) atoms. The van der Waals surface area contributed by atoms with Gasteiger partial charge in [-0.05, 0) is 53.8 Å². The topological polar surface area (TPSA) is 147 Å². The van der Waals surface area contributed by atoms with Crippen LogP contribution in [-0.4, -0.2) is 80.2 Å². The number of thiophene rings is 1. The lowest BCUT2D eigenvalue weighted by atomic mass is 9.85. The van der Waals surface area contributed by atoms with E-state index >= 15 is 0 Å². The Hall–Kier alpha value is -3.22. The van der Waals surface area contributed by atoms with Crippen molar-refractivity contribution in [3.8, 4) is 0 Å². The van der Waals surface area contributed by atoms with Crippen LogP contribution in [0.1, 0.15) is 66.8 Å². The molecule has 2 fully saturated rings. The molecule has 0 radical (unpaired) electrons. The van der Waals surface area contributed by atoms with Crippen molar-refractivity contribution in [3.63, 3.8) is 0 Å². The van der Waals surface area contributed by atoms with Gasteiger partial charge < -0.3 is 30.0 Å². The van der Waals surface area contributed by atoms with Crippen LogP contribution in [0.25, 0.3) is 10.1 Å². The van der Waals surface area contributed by atoms with Crippen LogP contribution in [0.2, 0.25) is 0 Å². The van der Waals surface area contributed by atoms with Gasteiger partial charge >= 0.3 is 13.3 Å². The highest BCUT2D eigenvalue weighted by atomic mass is 32.1. The predicted octanol–water partition coefficient (Wildman–Crippen LogP) is 4.64. The van der Waals surface area contributed by atoms with E-state index < -0.39 is 54.2 Å².